The van der Waals surface area contributed by atoms with E-state index in [0.29, 0.717) is 29.9 Å². The second kappa shape index (κ2) is 6.34. The third-order valence-electron chi connectivity index (χ3n) is 4.37. The van der Waals surface area contributed by atoms with Crippen LogP contribution in [0.1, 0.15) is 24.8 Å². The second-order valence-corrected chi connectivity index (χ2v) is 8.93. The molecule has 2 aliphatic heterocycles. The van der Waals surface area contributed by atoms with Gasteiger partial charge in [0.2, 0.25) is 0 Å². The van der Waals surface area contributed by atoms with Crippen molar-refractivity contribution in [2.45, 2.75) is 36.1 Å². The van der Waals surface area contributed by atoms with Crippen LogP contribution < -0.4 is 5.32 Å². The molecule has 3 heterocycles. The Morgan fingerprint density at radius 2 is 2.14 bits per heavy atom. The van der Waals surface area contributed by atoms with Crippen LogP contribution in [0.4, 0.5) is 0 Å². The summed E-state index contributed by atoms with van der Waals surface area (Å²) in [7, 11) is -1.45. The molecular weight excluding hydrogens is 306 g/mol. The quantitative estimate of drug-likeness (QED) is 0.905. The average molecular weight is 329 g/mol. The highest BCUT2D eigenvalue weighted by Crippen LogP contribution is 2.28. The van der Waals surface area contributed by atoms with Crippen molar-refractivity contribution in [2.24, 2.45) is 0 Å². The molecule has 0 saturated carbocycles. The summed E-state index contributed by atoms with van der Waals surface area (Å²) < 4.78 is 27.9. The highest BCUT2D eigenvalue weighted by Gasteiger charge is 2.34. The van der Waals surface area contributed by atoms with Gasteiger partial charge in [-0.3, -0.25) is 4.90 Å². The summed E-state index contributed by atoms with van der Waals surface area (Å²) in [5, 5.41) is 4.99. The molecule has 7 heteroatoms. The van der Waals surface area contributed by atoms with Crippen LogP contribution in [0.5, 0.6) is 0 Å². The number of nitrogens with zero attached hydrogens (tertiary/aromatic N) is 2. The van der Waals surface area contributed by atoms with Crippen molar-refractivity contribution in [3.63, 3.8) is 0 Å². The van der Waals surface area contributed by atoms with Gasteiger partial charge in [0.1, 0.15) is 4.21 Å². The normalized spacial score (nSPS) is 24.9. The summed E-state index contributed by atoms with van der Waals surface area (Å²) in [6.07, 6.45) is 3.26. The predicted molar refractivity (Wildman–Crippen MR) is 85.1 cm³/mol. The standard InChI is InChI=1S/C14H23N3O2S2/c1-15-9-12-8-14(20-11-12)21(18,19)17-7-3-6-16-5-2-4-13(16)10-17/h8,11,13,15H,2-7,9-10H2,1H3. The van der Waals surface area contributed by atoms with Gasteiger partial charge in [-0.15, -0.1) is 11.3 Å². The van der Waals surface area contributed by atoms with Crippen LogP contribution in [-0.2, 0) is 16.6 Å². The molecule has 2 aliphatic rings. The number of rotatable bonds is 4. The van der Waals surface area contributed by atoms with E-state index in [0.717, 1.165) is 31.5 Å². The number of thiophene rings is 1. The van der Waals surface area contributed by atoms with Crippen LogP contribution in [-0.4, -0.2) is 56.9 Å². The van der Waals surface area contributed by atoms with Crippen molar-refractivity contribution in [1.29, 1.82) is 0 Å². The zero-order valence-electron chi connectivity index (χ0n) is 12.4. The fraction of sp³-hybridized carbons (Fsp3) is 0.714. The summed E-state index contributed by atoms with van der Waals surface area (Å²) in [6.45, 7) is 4.18. The number of nitrogens with one attached hydrogen (secondary N) is 1. The van der Waals surface area contributed by atoms with Crippen LogP contribution >= 0.6 is 11.3 Å². The molecule has 2 fully saturated rings. The molecule has 1 aromatic rings. The lowest BCUT2D eigenvalue weighted by atomic mass is 10.2. The smallest absolute Gasteiger partial charge is 0.252 e. The molecule has 0 amide bonds. The second-order valence-electron chi connectivity index (χ2n) is 5.85. The van der Waals surface area contributed by atoms with Crippen molar-refractivity contribution in [2.75, 3.05) is 33.2 Å². The van der Waals surface area contributed by atoms with E-state index < -0.39 is 10.0 Å². The Bertz CT molecular complexity index is 585. The number of hydrogen-bond acceptors (Lipinski definition) is 5. The summed E-state index contributed by atoms with van der Waals surface area (Å²) in [6, 6.07) is 2.23. The molecular formula is C14H23N3O2S2. The number of hydrogen-bond donors (Lipinski definition) is 1. The molecule has 5 nitrogen and oxygen atoms in total. The van der Waals surface area contributed by atoms with Gasteiger partial charge in [-0.05, 0) is 56.4 Å². The third-order valence-corrected chi connectivity index (χ3v) is 7.70. The van der Waals surface area contributed by atoms with Crippen LogP contribution in [0.3, 0.4) is 0 Å². The first-order valence-corrected chi connectivity index (χ1v) is 9.89. The maximum Gasteiger partial charge on any atom is 0.252 e. The molecule has 0 spiro atoms. The predicted octanol–water partition coefficient (Wildman–Crippen LogP) is 1.33. The minimum Gasteiger partial charge on any atom is -0.316 e. The lowest BCUT2D eigenvalue weighted by Gasteiger charge is -2.24. The Balaban J connectivity index is 1.79. The highest BCUT2D eigenvalue weighted by molar-refractivity contribution is 7.91. The molecule has 2 saturated heterocycles. The Hall–Kier alpha value is -0.470. The van der Waals surface area contributed by atoms with Gasteiger partial charge in [0.15, 0.2) is 0 Å². The zero-order chi connectivity index (χ0) is 14.9. The largest absolute Gasteiger partial charge is 0.316 e. The highest BCUT2D eigenvalue weighted by atomic mass is 32.2. The van der Waals surface area contributed by atoms with Gasteiger partial charge >= 0.3 is 0 Å². The topological polar surface area (TPSA) is 52.7 Å². The van der Waals surface area contributed by atoms with E-state index in [1.807, 2.05) is 18.5 Å². The van der Waals surface area contributed by atoms with Gasteiger partial charge in [-0.1, -0.05) is 0 Å². The molecule has 1 aromatic heterocycles. The lowest BCUT2D eigenvalue weighted by molar-refractivity contribution is 0.257. The van der Waals surface area contributed by atoms with E-state index in [9.17, 15) is 8.42 Å². The monoisotopic (exact) mass is 329 g/mol. The Morgan fingerprint density at radius 1 is 1.33 bits per heavy atom. The molecule has 0 aliphatic carbocycles. The number of sulfonamides is 1. The van der Waals surface area contributed by atoms with Gasteiger partial charge in [-0.25, -0.2) is 8.42 Å². The summed E-state index contributed by atoms with van der Waals surface area (Å²) in [5.41, 5.74) is 1.04. The Labute approximate surface area is 131 Å². The SMILES string of the molecule is CNCc1csc(S(=O)(=O)N2CCCN3CCCC3C2)c1. The van der Waals surface area contributed by atoms with E-state index in [2.05, 4.69) is 10.2 Å². The minimum absolute atomic E-state index is 0.416. The van der Waals surface area contributed by atoms with Crippen LogP contribution in [0.15, 0.2) is 15.7 Å². The molecule has 0 radical (unpaired) electrons. The minimum atomic E-state index is -3.32. The zero-order valence-corrected chi connectivity index (χ0v) is 14.0. The number of fused-ring (bicyclic) bond motifs is 1. The van der Waals surface area contributed by atoms with E-state index in [4.69, 9.17) is 0 Å². The van der Waals surface area contributed by atoms with Crippen LogP contribution in [0, 0.1) is 0 Å². The van der Waals surface area contributed by atoms with Crippen molar-refractivity contribution in [1.82, 2.24) is 14.5 Å². The Kier molecular flexibility index (Phi) is 4.66. The van der Waals surface area contributed by atoms with Gasteiger partial charge in [0.25, 0.3) is 10.0 Å². The summed E-state index contributed by atoms with van der Waals surface area (Å²) in [5.74, 6) is 0. The van der Waals surface area contributed by atoms with E-state index in [1.54, 1.807) is 4.31 Å². The fourth-order valence-electron chi connectivity index (χ4n) is 3.30. The first-order valence-electron chi connectivity index (χ1n) is 7.57. The van der Waals surface area contributed by atoms with Gasteiger partial charge in [0.05, 0.1) is 0 Å². The molecule has 1 N–H and O–H groups in total. The third kappa shape index (κ3) is 3.17. The van der Waals surface area contributed by atoms with Crippen molar-refractivity contribution < 1.29 is 8.42 Å². The van der Waals surface area contributed by atoms with Crippen molar-refractivity contribution in [3.8, 4) is 0 Å². The van der Waals surface area contributed by atoms with Gasteiger partial charge < -0.3 is 5.32 Å². The first kappa shape index (κ1) is 15.4. The van der Waals surface area contributed by atoms with Crippen LogP contribution in [0.2, 0.25) is 0 Å². The molecule has 21 heavy (non-hydrogen) atoms. The van der Waals surface area contributed by atoms with E-state index in [-0.39, 0.29) is 0 Å². The van der Waals surface area contributed by atoms with Gasteiger partial charge in [-0.2, -0.15) is 4.31 Å². The molecule has 0 aromatic carbocycles. The molecule has 0 bridgehead atoms. The van der Waals surface area contributed by atoms with Crippen LogP contribution in [0.25, 0.3) is 0 Å². The molecule has 1 unspecified atom stereocenters. The summed E-state index contributed by atoms with van der Waals surface area (Å²) in [4.78, 5) is 2.45. The molecule has 118 valence electrons. The van der Waals surface area contributed by atoms with Crippen molar-refractivity contribution in [3.05, 3.63) is 17.0 Å². The van der Waals surface area contributed by atoms with Crippen molar-refractivity contribution >= 4 is 21.4 Å². The maximum atomic E-state index is 12.8. The Morgan fingerprint density at radius 3 is 2.95 bits per heavy atom. The summed E-state index contributed by atoms with van der Waals surface area (Å²) >= 11 is 1.34. The van der Waals surface area contributed by atoms with E-state index in [1.165, 1.54) is 17.8 Å². The first-order chi connectivity index (χ1) is 10.1. The molecule has 3 rings (SSSR count). The maximum absolute atomic E-state index is 12.8. The lowest BCUT2D eigenvalue weighted by Crippen LogP contribution is -2.39. The van der Waals surface area contributed by atoms with E-state index >= 15 is 0 Å². The molecule has 1 atom stereocenters. The average Bonchev–Trinajstić information content (AvgIpc) is 3.05. The fourth-order valence-corrected chi connectivity index (χ4v) is 6.18. The van der Waals surface area contributed by atoms with Gasteiger partial charge in [0, 0.05) is 25.7 Å².